The Balaban J connectivity index is 2.07. The van der Waals surface area contributed by atoms with Crippen LogP contribution in [0.5, 0.6) is 11.5 Å². The molecule has 0 bridgehead atoms. The fraction of sp³-hybridized carbons (Fsp3) is 0.316. The van der Waals surface area contributed by atoms with Crippen molar-refractivity contribution in [1.82, 2.24) is 0 Å². The smallest absolute Gasteiger partial charge is 0.244 e. The predicted octanol–water partition coefficient (Wildman–Crippen LogP) is 3.34. The maximum Gasteiger partial charge on any atom is 0.244 e. The zero-order valence-corrected chi connectivity index (χ0v) is 16.0. The molecule has 0 aliphatic rings. The molecule has 0 saturated heterocycles. The molecule has 6 nitrogen and oxygen atoms in total. The molecule has 0 spiro atoms. The molecule has 2 aromatic rings. The fourth-order valence-electron chi connectivity index (χ4n) is 2.42. The molecule has 0 aromatic heterocycles. The Morgan fingerprint density at radius 1 is 1.15 bits per heavy atom. The fourth-order valence-corrected chi connectivity index (χ4v) is 3.07. The first-order valence-corrected chi connectivity index (χ1v) is 10.2. The summed E-state index contributed by atoms with van der Waals surface area (Å²) in [6, 6.07) is 13.1. The Morgan fingerprint density at radius 3 is 2.38 bits per heavy atom. The van der Waals surface area contributed by atoms with Crippen LogP contribution in [0.1, 0.15) is 26.7 Å². The Labute approximate surface area is 154 Å². The molecule has 1 amide bonds. The third kappa shape index (κ3) is 5.31. The van der Waals surface area contributed by atoms with Crippen molar-refractivity contribution in [2.24, 2.45) is 5.73 Å². The third-order valence-corrected chi connectivity index (χ3v) is 4.98. The van der Waals surface area contributed by atoms with Crippen LogP contribution in [-0.4, -0.2) is 26.1 Å². The van der Waals surface area contributed by atoms with Crippen molar-refractivity contribution in [2.75, 3.05) is 11.6 Å². The lowest BCUT2D eigenvalue weighted by Crippen LogP contribution is -2.48. The summed E-state index contributed by atoms with van der Waals surface area (Å²) in [4.78, 5) is 12.4. The first-order valence-electron chi connectivity index (χ1n) is 8.30. The van der Waals surface area contributed by atoms with Crippen molar-refractivity contribution in [3.63, 3.8) is 0 Å². The lowest BCUT2D eigenvalue weighted by molar-refractivity contribution is -0.120. The number of hydrogen-bond acceptors (Lipinski definition) is 5. The second kappa shape index (κ2) is 7.88. The zero-order valence-electron chi connectivity index (χ0n) is 15.2. The highest BCUT2D eigenvalue weighted by Crippen LogP contribution is 2.25. The number of carbonyl (C=O) groups excluding carboxylic acids is 1. The van der Waals surface area contributed by atoms with Gasteiger partial charge in [-0.2, -0.15) is 0 Å². The van der Waals surface area contributed by atoms with Crippen LogP contribution in [0.2, 0.25) is 0 Å². The largest absolute Gasteiger partial charge is 0.457 e. The molecule has 0 saturated carbocycles. The van der Waals surface area contributed by atoms with Gasteiger partial charge in [0.25, 0.3) is 0 Å². The summed E-state index contributed by atoms with van der Waals surface area (Å²) >= 11 is 0. The Morgan fingerprint density at radius 2 is 1.81 bits per heavy atom. The molecule has 0 heterocycles. The minimum absolute atomic E-state index is 0.192. The number of sulfone groups is 1. The molecule has 0 aliphatic heterocycles. The highest BCUT2D eigenvalue weighted by Gasteiger charge is 2.27. The summed E-state index contributed by atoms with van der Waals surface area (Å²) in [6.07, 6.45) is 2.56. The van der Waals surface area contributed by atoms with E-state index in [0.29, 0.717) is 23.6 Å². The van der Waals surface area contributed by atoms with Gasteiger partial charge in [-0.05, 0) is 55.8 Å². The highest BCUT2D eigenvalue weighted by molar-refractivity contribution is 7.90. The topological polar surface area (TPSA) is 98.5 Å². The predicted molar refractivity (Wildman–Crippen MR) is 102 cm³/mol. The van der Waals surface area contributed by atoms with Gasteiger partial charge in [-0.3, -0.25) is 4.79 Å². The van der Waals surface area contributed by atoms with Gasteiger partial charge in [0.2, 0.25) is 5.91 Å². The van der Waals surface area contributed by atoms with E-state index in [1.807, 2.05) is 6.92 Å². The molecule has 7 heteroatoms. The van der Waals surface area contributed by atoms with Gasteiger partial charge in [-0.1, -0.05) is 19.4 Å². The maximum absolute atomic E-state index is 12.2. The molecule has 2 aromatic carbocycles. The van der Waals surface area contributed by atoms with Gasteiger partial charge in [-0.15, -0.1) is 0 Å². The van der Waals surface area contributed by atoms with Gasteiger partial charge in [0.15, 0.2) is 9.84 Å². The second-order valence-electron chi connectivity index (χ2n) is 6.50. The molecule has 140 valence electrons. The van der Waals surface area contributed by atoms with Gasteiger partial charge < -0.3 is 15.8 Å². The maximum atomic E-state index is 12.2. The highest BCUT2D eigenvalue weighted by atomic mass is 32.2. The van der Waals surface area contributed by atoms with Gasteiger partial charge in [-0.25, -0.2) is 8.42 Å². The van der Waals surface area contributed by atoms with E-state index in [1.54, 1.807) is 43.3 Å². The molecule has 0 aliphatic carbocycles. The van der Waals surface area contributed by atoms with Gasteiger partial charge in [0.05, 0.1) is 10.4 Å². The van der Waals surface area contributed by atoms with Crippen LogP contribution in [0.3, 0.4) is 0 Å². The molecular formula is C19H24N2O4S. The van der Waals surface area contributed by atoms with Crippen molar-refractivity contribution in [3.8, 4) is 11.5 Å². The summed E-state index contributed by atoms with van der Waals surface area (Å²) in [5.41, 5.74) is 5.70. The third-order valence-electron chi connectivity index (χ3n) is 3.87. The van der Waals surface area contributed by atoms with E-state index in [1.165, 1.54) is 12.1 Å². The van der Waals surface area contributed by atoms with Crippen LogP contribution in [0.4, 0.5) is 5.69 Å². The number of nitrogens with one attached hydrogen (secondary N) is 1. The average Bonchev–Trinajstić information content (AvgIpc) is 2.56. The number of carbonyl (C=O) groups is 1. The van der Waals surface area contributed by atoms with E-state index in [2.05, 4.69) is 5.32 Å². The number of ether oxygens (including phenoxy) is 1. The lowest BCUT2D eigenvalue weighted by atomic mass is 9.96. The van der Waals surface area contributed by atoms with Gasteiger partial charge >= 0.3 is 0 Å². The molecule has 2 rings (SSSR count). The number of amides is 1. The van der Waals surface area contributed by atoms with E-state index in [4.69, 9.17) is 10.5 Å². The van der Waals surface area contributed by atoms with E-state index in [-0.39, 0.29) is 10.8 Å². The Hall–Kier alpha value is -2.38. The summed E-state index contributed by atoms with van der Waals surface area (Å²) in [7, 11) is -3.30. The quantitative estimate of drug-likeness (QED) is 0.772. The molecule has 26 heavy (non-hydrogen) atoms. The number of nitrogens with two attached hydrogens (primary N) is 1. The number of rotatable bonds is 7. The molecule has 0 radical (unpaired) electrons. The van der Waals surface area contributed by atoms with Crippen LogP contribution >= 0.6 is 0 Å². The summed E-state index contributed by atoms with van der Waals surface area (Å²) in [6.45, 7) is 3.68. The second-order valence-corrected chi connectivity index (χ2v) is 8.51. The zero-order chi connectivity index (χ0) is 19.4. The monoisotopic (exact) mass is 376 g/mol. The van der Waals surface area contributed by atoms with Crippen molar-refractivity contribution < 1.29 is 17.9 Å². The van der Waals surface area contributed by atoms with E-state index in [9.17, 15) is 13.2 Å². The van der Waals surface area contributed by atoms with Crippen molar-refractivity contribution in [3.05, 3.63) is 48.5 Å². The van der Waals surface area contributed by atoms with Crippen LogP contribution in [0.25, 0.3) is 0 Å². The number of hydrogen-bond donors (Lipinski definition) is 2. The average molecular weight is 376 g/mol. The SMILES string of the molecule is CCCC(C)(N)C(=O)Nc1ccc(Oc2cccc(S(C)(=O)=O)c2)cc1. The van der Waals surface area contributed by atoms with E-state index >= 15 is 0 Å². The Bertz CT molecular complexity index is 875. The van der Waals surface area contributed by atoms with Gasteiger partial charge in [0, 0.05) is 11.9 Å². The molecule has 1 unspecified atom stereocenters. The van der Waals surface area contributed by atoms with Crippen molar-refractivity contribution in [1.29, 1.82) is 0 Å². The molecule has 3 N–H and O–H groups in total. The Kier molecular flexibility index (Phi) is 6.05. The van der Waals surface area contributed by atoms with Crippen LogP contribution in [0, 0.1) is 0 Å². The van der Waals surface area contributed by atoms with Gasteiger partial charge in [0.1, 0.15) is 11.5 Å². The van der Waals surface area contributed by atoms with Crippen molar-refractivity contribution >= 4 is 21.4 Å². The standard InChI is InChI=1S/C19H24N2O4S/c1-4-12-19(2,20)18(22)21-14-8-10-15(11-9-14)25-16-6-5-7-17(13-16)26(3,23)24/h5-11,13H,4,12,20H2,1-3H3,(H,21,22). The number of anilines is 1. The van der Waals surface area contributed by atoms with Crippen LogP contribution in [0.15, 0.2) is 53.4 Å². The molecule has 0 fully saturated rings. The summed E-state index contributed by atoms with van der Waals surface area (Å²) in [5.74, 6) is 0.703. The molecular weight excluding hydrogens is 352 g/mol. The molecule has 1 atom stereocenters. The van der Waals surface area contributed by atoms with E-state index in [0.717, 1.165) is 12.7 Å². The minimum atomic E-state index is -3.30. The van der Waals surface area contributed by atoms with Crippen molar-refractivity contribution in [2.45, 2.75) is 37.1 Å². The first kappa shape index (κ1) is 19.9. The van der Waals surface area contributed by atoms with Crippen LogP contribution < -0.4 is 15.8 Å². The number of benzene rings is 2. The first-order chi connectivity index (χ1) is 12.1. The minimum Gasteiger partial charge on any atom is -0.457 e. The summed E-state index contributed by atoms with van der Waals surface area (Å²) in [5, 5.41) is 2.79. The van der Waals surface area contributed by atoms with E-state index < -0.39 is 15.4 Å². The summed E-state index contributed by atoms with van der Waals surface area (Å²) < 4.78 is 28.9. The lowest BCUT2D eigenvalue weighted by Gasteiger charge is -2.22. The normalized spacial score (nSPS) is 13.7. The van der Waals surface area contributed by atoms with Crippen LogP contribution in [-0.2, 0) is 14.6 Å².